The Kier molecular flexibility index (Phi) is 6.48. The average Bonchev–Trinajstić information content (AvgIpc) is 2.31. The number of urea groups is 1. The molecule has 0 atom stereocenters. The molecule has 0 radical (unpaired) electrons. The number of nitrogens with one attached hydrogen (secondary N) is 3. The predicted molar refractivity (Wildman–Crippen MR) is 75.4 cm³/mol. The minimum atomic E-state index is -1.30. The summed E-state index contributed by atoms with van der Waals surface area (Å²) in [7, 11) is 0. The largest absolute Gasteiger partial charge is 0.480 e. The number of hydrogen-bond acceptors (Lipinski definition) is 3. The first kappa shape index (κ1) is 18.2. The van der Waals surface area contributed by atoms with Gasteiger partial charge in [-0.1, -0.05) is 13.8 Å². The van der Waals surface area contributed by atoms with Crippen LogP contribution in [0.25, 0.3) is 0 Å². The van der Waals surface area contributed by atoms with Gasteiger partial charge in [0.15, 0.2) is 0 Å². The highest BCUT2D eigenvalue weighted by atomic mass is 16.4. The lowest BCUT2D eigenvalue weighted by Crippen LogP contribution is -2.57. The lowest BCUT2D eigenvalue weighted by Gasteiger charge is -2.28. The first-order valence-electron chi connectivity index (χ1n) is 6.66. The van der Waals surface area contributed by atoms with Crippen molar-refractivity contribution in [2.24, 2.45) is 0 Å². The summed E-state index contributed by atoms with van der Waals surface area (Å²) in [4.78, 5) is 34.4. The molecule has 7 heteroatoms. The van der Waals surface area contributed by atoms with Gasteiger partial charge >= 0.3 is 12.0 Å². The number of carbonyl (C=O) groups excluding carboxylic acids is 2. The van der Waals surface area contributed by atoms with Gasteiger partial charge < -0.3 is 21.1 Å². The Morgan fingerprint density at radius 2 is 1.50 bits per heavy atom. The van der Waals surface area contributed by atoms with Crippen LogP contribution in [0.15, 0.2) is 0 Å². The zero-order valence-corrected chi connectivity index (χ0v) is 12.8. The lowest BCUT2D eigenvalue weighted by atomic mass is 9.93. The third-order valence-electron chi connectivity index (χ3n) is 2.89. The van der Waals surface area contributed by atoms with Crippen LogP contribution in [-0.4, -0.2) is 40.6 Å². The maximum Gasteiger partial charge on any atom is 0.329 e. The zero-order valence-electron chi connectivity index (χ0n) is 12.8. The molecule has 0 aromatic heterocycles. The van der Waals surface area contributed by atoms with E-state index < -0.39 is 17.5 Å². The van der Waals surface area contributed by atoms with Gasteiger partial charge in [-0.3, -0.25) is 4.79 Å². The predicted octanol–water partition coefficient (Wildman–Crippen LogP) is 0.844. The van der Waals surface area contributed by atoms with Gasteiger partial charge in [-0.05, 0) is 33.6 Å². The van der Waals surface area contributed by atoms with Crippen LogP contribution in [0.4, 0.5) is 4.79 Å². The third-order valence-corrected chi connectivity index (χ3v) is 2.89. The normalized spacial score (nSPS) is 11.7. The van der Waals surface area contributed by atoms with E-state index in [9.17, 15) is 19.5 Å². The summed E-state index contributed by atoms with van der Waals surface area (Å²) in [6.45, 7) is 8.65. The van der Waals surface area contributed by atoms with Crippen LogP contribution < -0.4 is 16.0 Å². The molecule has 0 spiro atoms. The van der Waals surface area contributed by atoms with Crippen LogP contribution >= 0.6 is 0 Å². The van der Waals surface area contributed by atoms with Crippen molar-refractivity contribution in [2.75, 3.05) is 6.54 Å². The molecule has 7 nitrogen and oxygen atoms in total. The Hall–Kier alpha value is -1.79. The lowest BCUT2D eigenvalue weighted by molar-refractivity contribution is -0.144. The molecular formula is C13H25N3O4. The van der Waals surface area contributed by atoms with Gasteiger partial charge in [-0.2, -0.15) is 0 Å². The van der Waals surface area contributed by atoms with Crippen LogP contribution in [-0.2, 0) is 9.59 Å². The number of carboxylic acids is 1. The summed E-state index contributed by atoms with van der Waals surface area (Å²) in [6, 6.07) is -0.667. The van der Waals surface area contributed by atoms with Gasteiger partial charge in [0.05, 0.1) is 6.54 Å². The maximum atomic E-state index is 11.7. The second-order valence-corrected chi connectivity index (χ2v) is 5.70. The van der Waals surface area contributed by atoms with E-state index in [0.29, 0.717) is 0 Å². The minimum Gasteiger partial charge on any atom is -0.480 e. The fourth-order valence-electron chi connectivity index (χ4n) is 1.67. The van der Waals surface area contributed by atoms with E-state index in [1.807, 2.05) is 20.8 Å². The van der Waals surface area contributed by atoms with Gasteiger partial charge in [0.1, 0.15) is 5.54 Å². The Morgan fingerprint density at radius 1 is 1.00 bits per heavy atom. The number of aliphatic carboxylic acids is 1. The summed E-state index contributed by atoms with van der Waals surface area (Å²) in [6.07, 6.45) is 0.529. The molecule has 0 aliphatic rings. The van der Waals surface area contributed by atoms with Crippen molar-refractivity contribution in [3.05, 3.63) is 0 Å². The van der Waals surface area contributed by atoms with Crippen molar-refractivity contribution in [3.63, 3.8) is 0 Å². The summed E-state index contributed by atoms with van der Waals surface area (Å²) >= 11 is 0. The van der Waals surface area contributed by atoms with Gasteiger partial charge in [0.25, 0.3) is 0 Å². The highest BCUT2D eigenvalue weighted by Gasteiger charge is 2.36. The van der Waals surface area contributed by atoms with Crippen molar-refractivity contribution in [2.45, 2.75) is 58.5 Å². The Balaban J connectivity index is 4.43. The summed E-state index contributed by atoms with van der Waals surface area (Å²) in [5, 5.41) is 16.6. The van der Waals surface area contributed by atoms with Gasteiger partial charge in [-0.25, -0.2) is 9.59 Å². The summed E-state index contributed by atoms with van der Waals surface area (Å²) < 4.78 is 0. The first-order valence-corrected chi connectivity index (χ1v) is 6.66. The molecule has 0 aliphatic carbocycles. The monoisotopic (exact) mass is 287 g/mol. The molecule has 0 aromatic carbocycles. The Morgan fingerprint density at radius 3 is 1.85 bits per heavy atom. The molecule has 3 amide bonds. The first-order chi connectivity index (χ1) is 9.06. The SMILES string of the molecule is CCC(CC)(NC(=O)NCC(=O)NC(C)(C)C)C(=O)O. The molecule has 0 unspecified atom stereocenters. The van der Waals surface area contributed by atoms with E-state index in [4.69, 9.17) is 0 Å². The van der Waals surface area contributed by atoms with Crippen molar-refractivity contribution < 1.29 is 19.5 Å². The number of amides is 3. The molecule has 0 saturated carbocycles. The smallest absolute Gasteiger partial charge is 0.329 e. The summed E-state index contributed by atoms with van der Waals surface area (Å²) in [5.74, 6) is -1.42. The average molecular weight is 287 g/mol. The molecule has 0 aliphatic heterocycles. The van der Waals surface area contributed by atoms with E-state index in [2.05, 4.69) is 16.0 Å². The maximum absolute atomic E-state index is 11.7. The van der Waals surface area contributed by atoms with Crippen LogP contribution in [0.3, 0.4) is 0 Å². The van der Waals surface area contributed by atoms with E-state index in [-0.39, 0.29) is 30.8 Å². The quantitative estimate of drug-likeness (QED) is 0.580. The van der Waals surface area contributed by atoms with Crippen LogP contribution in [0, 0.1) is 0 Å². The number of carbonyl (C=O) groups is 3. The molecule has 0 saturated heterocycles. The van der Waals surface area contributed by atoms with Crippen molar-refractivity contribution in [1.29, 1.82) is 0 Å². The van der Waals surface area contributed by atoms with E-state index in [1.165, 1.54) is 0 Å². The minimum absolute atomic E-state index is 0.202. The fraction of sp³-hybridized carbons (Fsp3) is 0.769. The van der Waals surface area contributed by atoms with Crippen molar-refractivity contribution in [1.82, 2.24) is 16.0 Å². The molecule has 0 fully saturated rings. The van der Waals surface area contributed by atoms with Crippen LogP contribution in [0.2, 0.25) is 0 Å². The molecule has 0 heterocycles. The molecule has 4 N–H and O–H groups in total. The molecule has 116 valence electrons. The highest BCUT2D eigenvalue weighted by molar-refractivity contribution is 5.88. The highest BCUT2D eigenvalue weighted by Crippen LogP contribution is 2.14. The second-order valence-electron chi connectivity index (χ2n) is 5.70. The topological polar surface area (TPSA) is 108 Å². The molecule has 20 heavy (non-hydrogen) atoms. The van der Waals surface area contributed by atoms with Gasteiger partial charge in [0, 0.05) is 5.54 Å². The van der Waals surface area contributed by atoms with Gasteiger partial charge in [-0.15, -0.1) is 0 Å². The Labute approximate surface area is 119 Å². The van der Waals surface area contributed by atoms with E-state index in [0.717, 1.165) is 0 Å². The zero-order chi connectivity index (χ0) is 16.0. The number of hydrogen-bond donors (Lipinski definition) is 4. The molecule has 0 aromatic rings. The number of carboxylic acid groups (broad SMARTS) is 1. The molecule has 0 rings (SSSR count). The van der Waals surface area contributed by atoms with Crippen LogP contribution in [0.1, 0.15) is 47.5 Å². The van der Waals surface area contributed by atoms with E-state index in [1.54, 1.807) is 13.8 Å². The van der Waals surface area contributed by atoms with Crippen molar-refractivity contribution in [3.8, 4) is 0 Å². The standard InChI is InChI=1S/C13H25N3O4/c1-6-13(7-2,10(18)19)16-11(20)14-8-9(17)15-12(3,4)5/h6-8H2,1-5H3,(H,15,17)(H,18,19)(H2,14,16,20). The van der Waals surface area contributed by atoms with Gasteiger partial charge in [0.2, 0.25) is 5.91 Å². The summed E-state index contributed by atoms with van der Waals surface area (Å²) in [5.41, 5.74) is -1.68. The molecular weight excluding hydrogens is 262 g/mol. The van der Waals surface area contributed by atoms with Crippen molar-refractivity contribution >= 4 is 17.9 Å². The van der Waals surface area contributed by atoms with E-state index >= 15 is 0 Å². The number of rotatable bonds is 6. The van der Waals surface area contributed by atoms with Crippen LogP contribution in [0.5, 0.6) is 0 Å². The third kappa shape index (κ3) is 5.90. The molecule has 0 bridgehead atoms. The fourth-order valence-corrected chi connectivity index (χ4v) is 1.67. The Bertz CT molecular complexity index is 370. The second kappa shape index (κ2) is 7.12.